The van der Waals surface area contributed by atoms with Gasteiger partial charge in [-0.05, 0) is 35.7 Å². The van der Waals surface area contributed by atoms with Crippen LogP contribution in [-0.4, -0.2) is 30.9 Å². The Morgan fingerprint density at radius 3 is 2.27 bits per heavy atom. The highest BCUT2D eigenvalue weighted by atomic mass is 16.5. The van der Waals surface area contributed by atoms with Gasteiger partial charge in [0.25, 0.3) is 0 Å². The molecule has 0 saturated heterocycles. The van der Waals surface area contributed by atoms with Gasteiger partial charge in [-0.2, -0.15) is 0 Å². The van der Waals surface area contributed by atoms with Crippen molar-refractivity contribution in [3.05, 3.63) is 102 Å². The molecule has 0 spiro atoms. The van der Waals surface area contributed by atoms with Crippen molar-refractivity contribution in [1.82, 2.24) is 4.57 Å². The number of esters is 1. The van der Waals surface area contributed by atoms with Gasteiger partial charge in [0.15, 0.2) is 0 Å². The summed E-state index contributed by atoms with van der Waals surface area (Å²) in [5.74, 6) is -0.133. The Balaban J connectivity index is 1.71. The second-order valence-electron chi connectivity index (χ2n) is 7.86. The predicted octanol–water partition coefficient (Wildman–Crippen LogP) is 5.56. The fourth-order valence-corrected chi connectivity index (χ4v) is 4.09. The molecule has 0 amide bonds. The monoisotopic (exact) mass is 443 g/mol. The normalized spacial score (nSPS) is 11.9. The molecule has 3 aromatic carbocycles. The number of rotatable bonds is 10. The third-order valence-electron chi connectivity index (χ3n) is 5.66. The highest BCUT2D eigenvalue weighted by Crippen LogP contribution is 2.36. The van der Waals surface area contributed by atoms with E-state index >= 15 is 0 Å². The molecule has 0 fully saturated rings. The fraction of sp³-hybridized carbons (Fsp3) is 0.250. The van der Waals surface area contributed by atoms with Crippen LogP contribution in [-0.2, 0) is 27.4 Å². The van der Waals surface area contributed by atoms with E-state index < -0.39 is 5.92 Å². The van der Waals surface area contributed by atoms with Crippen LogP contribution in [0.25, 0.3) is 10.9 Å². The molecular weight excluding hydrogens is 414 g/mol. The number of methoxy groups -OCH3 is 1. The minimum Gasteiger partial charge on any atom is -0.496 e. The van der Waals surface area contributed by atoms with Crippen molar-refractivity contribution in [2.45, 2.75) is 26.0 Å². The average molecular weight is 444 g/mol. The van der Waals surface area contributed by atoms with Gasteiger partial charge in [-0.15, -0.1) is 0 Å². The largest absolute Gasteiger partial charge is 0.496 e. The highest BCUT2D eigenvalue weighted by Gasteiger charge is 2.28. The van der Waals surface area contributed by atoms with E-state index in [9.17, 15) is 4.79 Å². The first-order chi connectivity index (χ1) is 16.2. The Morgan fingerprint density at radius 2 is 1.61 bits per heavy atom. The minimum atomic E-state index is -0.565. The van der Waals surface area contributed by atoms with Gasteiger partial charge in [0.1, 0.15) is 11.7 Å². The number of hydrogen-bond donors (Lipinski definition) is 0. The summed E-state index contributed by atoms with van der Waals surface area (Å²) in [6.07, 6.45) is 2.04. The first kappa shape index (κ1) is 22.6. The zero-order chi connectivity index (χ0) is 23.0. The van der Waals surface area contributed by atoms with Crippen LogP contribution >= 0.6 is 0 Å². The summed E-state index contributed by atoms with van der Waals surface area (Å²) in [6.45, 7) is 3.46. The summed E-state index contributed by atoms with van der Waals surface area (Å²) in [5.41, 5.74) is 4.09. The van der Waals surface area contributed by atoms with E-state index in [1.165, 1.54) is 5.56 Å². The zero-order valence-corrected chi connectivity index (χ0v) is 19.1. The molecule has 0 N–H and O–H groups in total. The van der Waals surface area contributed by atoms with Gasteiger partial charge in [-0.3, -0.25) is 4.79 Å². The van der Waals surface area contributed by atoms with Gasteiger partial charge in [-0.1, -0.05) is 66.7 Å². The van der Waals surface area contributed by atoms with E-state index in [1.807, 2.05) is 73.8 Å². The number of benzene rings is 3. The first-order valence-corrected chi connectivity index (χ1v) is 11.2. The van der Waals surface area contributed by atoms with Crippen LogP contribution in [0.15, 0.2) is 85.1 Å². The highest BCUT2D eigenvalue weighted by molar-refractivity contribution is 5.94. The number of nitrogens with zero attached hydrogens (tertiary/aromatic N) is 1. The van der Waals surface area contributed by atoms with Crippen LogP contribution in [0.5, 0.6) is 5.75 Å². The van der Waals surface area contributed by atoms with Crippen LogP contribution < -0.4 is 4.74 Å². The smallest absolute Gasteiger partial charge is 0.315 e. The van der Waals surface area contributed by atoms with Gasteiger partial charge in [0, 0.05) is 18.1 Å². The van der Waals surface area contributed by atoms with Crippen LogP contribution in [0.2, 0.25) is 0 Å². The second-order valence-corrected chi connectivity index (χ2v) is 7.86. The topological polar surface area (TPSA) is 49.7 Å². The average Bonchev–Trinajstić information content (AvgIpc) is 3.21. The van der Waals surface area contributed by atoms with Crippen molar-refractivity contribution in [3.8, 4) is 5.75 Å². The van der Waals surface area contributed by atoms with Crippen molar-refractivity contribution in [3.63, 3.8) is 0 Å². The fourth-order valence-electron chi connectivity index (χ4n) is 4.09. The zero-order valence-electron chi connectivity index (χ0n) is 19.1. The lowest BCUT2D eigenvalue weighted by atomic mass is 9.98. The van der Waals surface area contributed by atoms with Gasteiger partial charge in [-0.25, -0.2) is 0 Å². The summed E-state index contributed by atoms with van der Waals surface area (Å²) in [4.78, 5) is 13.0. The Labute approximate surface area is 194 Å². The van der Waals surface area contributed by atoms with Gasteiger partial charge < -0.3 is 18.8 Å². The molecule has 5 nitrogen and oxygen atoms in total. The second kappa shape index (κ2) is 10.8. The van der Waals surface area contributed by atoms with E-state index in [0.717, 1.165) is 27.8 Å². The molecule has 4 rings (SSSR count). The van der Waals surface area contributed by atoms with Gasteiger partial charge >= 0.3 is 5.97 Å². The molecule has 0 saturated carbocycles. The molecule has 33 heavy (non-hydrogen) atoms. The molecule has 0 bridgehead atoms. The Hall–Kier alpha value is -3.57. The Bertz CT molecular complexity index is 1180. The Kier molecular flexibility index (Phi) is 7.43. The molecule has 170 valence electrons. The van der Waals surface area contributed by atoms with Crippen LogP contribution in [0.4, 0.5) is 0 Å². The van der Waals surface area contributed by atoms with Crippen LogP contribution in [0.1, 0.15) is 29.5 Å². The maximum absolute atomic E-state index is 13.0. The van der Waals surface area contributed by atoms with Crippen molar-refractivity contribution < 1.29 is 19.0 Å². The molecule has 4 aromatic rings. The minimum absolute atomic E-state index is 0.218. The summed E-state index contributed by atoms with van der Waals surface area (Å²) < 4.78 is 19.3. The SMILES string of the molecule is CCOC(=O)C(COCc1ccccc1)c1cn(Cc2ccccc2)c2cccc(OC)c12. The molecule has 0 aliphatic carbocycles. The number of ether oxygens (including phenoxy) is 3. The Morgan fingerprint density at radius 1 is 0.909 bits per heavy atom. The maximum Gasteiger partial charge on any atom is 0.315 e. The van der Waals surface area contributed by atoms with E-state index in [0.29, 0.717) is 19.8 Å². The van der Waals surface area contributed by atoms with Crippen molar-refractivity contribution in [2.24, 2.45) is 0 Å². The summed E-state index contributed by atoms with van der Waals surface area (Å²) in [7, 11) is 1.65. The van der Waals surface area contributed by atoms with E-state index in [4.69, 9.17) is 14.2 Å². The summed E-state index contributed by atoms with van der Waals surface area (Å²) in [6, 6.07) is 26.1. The summed E-state index contributed by atoms with van der Waals surface area (Å²) in [5, 5.41) is 0.914. The number of fused-ring (bicyclic) bond motifs is 1. The lowest BCUT2D eigenvalue weighted by Gasteiger charge is -2.16. The molecular formula is C28H29NO4. The quantitative estimate of drug-likeness (QED) is 0.301. The molecule has 1 unspecified atom stereocenters. The lowest BCUT2D eigenvalue weighted by molar-refractivity contribution is -0.146. The van der Waals surface area contributed by atoms with E-state index in [-0.39, 0.29) is 12.6 Å². The molecule has 1 atom stereocenters. The molecule has 1 heterocycles. The van der Waals surface area contributed by atoms with Gasteiger partial charge in [0.2, 0.25) is 0 Å². The van der Waals surface area contributed by atoms with Crippen molar-refractivity contribution in [2.75, 3.05) is 20.3 Å². The van der Waals surface area contributed by atoms with Crippen molar-refractivity contribution in [1.29, 1.82) is 0 Å². The van der Waals surface area contributed by atoms with Crippen LogP contribution in [0, 0.1) is 0 Å². The molecule has 5 heteroatoms. The van der Waals surface area contributed by atoms with E-state index in [1.54, 1.807) is 7.11 Å². The number of aromatic nitrogens is 1. The first-order valence-electron chi connectivity index (χ1n) is 11.2. The third kappa shape index (κ3) is 5.26. The maximum atomic E-state index is 13.0. The summed E-state index contributed by atoms with van der Waals surface area (Å²) >= 11 is 0. The predicted molar refractivity (Wildman–Crippen MR) is 130 cm³/mol. The van der Waals surface area contributed by atoms with Crippen LogP contribution in [0.3, 0.4) is 0 Å². The number of carbonyl (C=O) groups excluding carboxylic acids is 1. The third-order valence-corrected chi connectivity index (χ3v) is 5.66. The van der Waals surface area contributed by atoms with Gasteiger partial charge in [0.05, 0.1) is 32.4 Å². The number of hydrogen-bond acceptors (Lipinski definition) is 4. The molecule has 0 radical (unpaired) electrons. The molecule has 0 aliphatic heterocycles. The molecule has 0 aliphatic rings. The number of carbonyl (C=O) groups is 1. The standard InChI is InChI=1S/C28H29NO4/c1-3-33-28(30)24(20-32-19-22-13-8-5-9-14-22)23-18-29(17-21-11-6-4-7-12-21)25-15-10-16-26(31-2)27(23)25/h4-16,18,24H,3,17,19-20H2,1-2H3. The van der Waals surface area contributed by atoms with Crippen molar-refractivity contribution >= 4 is 16.9 Å². The van der Waals surface area contributed by atoms with E-state index in [2.05, 4.69) is 22.8 Å². The lowest BCUT2D eigenvalue weighted by Crippen LogP contribution is -2.21. The molecule has 1 aromatic heterocycles.